The van der Waals surface area contributed by atoms with E-state index in [-0.39, 0.29) is 11.7 Å². The van der Waals surface area contributed by atoms with Crippen molar-refractivity contribution in [3.05, 3.63) is 62.8 Å². The number of halogens is 2. The molecule has 0 aliphatic rings. The van der Waals surface area contributed by atoms with Crippen LogP contribution in [0.15, 0.2) is 46.0 Å². The first-order valence-corrected chi connectivity index (χ1v) is 11.9. The normalized spacial score (nSPS) is 10.9. The van der Waals surface area contributed by atoms with Crippen LogP contribution in [0, 0.1) is 6.92 Å². The molecule has 0 unspecified atom stereocenters. The van der Waals surface area contributed by atoms with E-state index in [2.05, 4.69) is 50.5 Å². The van der Waals surface area contributed by atoms with Crippen molar-refractivity contribution in [1.29, 1.82) is 0 Å². The zero-order valence-corrected chi connectivity index (χ0v) is 20.8. The minimum Gasteiger partial charge on any atom is -0.496 e. The monoisotopic (exact) mass is 522 g/mol. The molecule has 0 atom stereocenters. The summed E-state index contributed by atoms with van der Waals surface area (Å²) >= 11 is 10.8. The number of hydrogen-bond acceptors (Lipinski definition) is 5. The molecule has 0 saturated heterocycles. The number of ether oxygens (including phenoxy) is 1. The van der Waals surface area contributed by atoms with E-state index in [1.54, 1.807) is 25.3 Å². The molecule has 3 rings (SSSR count). The average molecular weight is 524 g/mol. The molecule has 1 heterocycles. The Balaban J connectivity index is 1.48. The first-order valence-electron chi connectivity index (χ1n) is 9.77. The number of amides is 1. The molecule has 0 spiro atoms. The Morgan fingerprint density at radius 1 is 1.23 bits per heavy atom. The van der Waals surface area contributed by atoms with Crippen molar-refractivity contribution >= 4 is 50.9 Å². The van der Waals surface area contributed by atoms with Crippen molar-refractivity contribution in [3.63, 3.8) is 0 Å². The first-order chi connectivity index (χ1) is 14.9. The van der Waals surface area contributed by atoms with Gasteiger partial charge in [0.15, 0.2) is 5.16 Å². The predicted molar refractivity (Wildman–Crippen MR) is 129 cm³/mol. The number of hydrogen-bond donors (Lipinski definition) is 1. The molecule has 1 aromatic heterocycles. The highest BCUT2D eigenvalue weighted by Gasteiger charge is 2.12. The van der Waals surface area contributed by atoms with Crippen molar-refractivity contribution < 1.29 is 9.53 Å². The number of carbonyl (C=O) groups is 1. The molecule has 0 radical (unpaired) electrons. The van der Waals surface area contributed by atoms with Gasteiger partial charge in [-0.2, -0.15) is 0 Å². The molecule has 0 bridgehead atoms. The molecule has 0 saturated carbocycles. The van der Waals surface area contributed by atoms with E-state index in [4.69, 9.17) is 16.3 Å². The summed E-state index contributed by atoms with van der Waals surface area (Å²) in [5.74, 6) is 1.94. The Labute approximate surface area is 199 Å². The first kappa shape index (κ1) is 23.6. The molecule has 2 aromatic carbocycles. The van der Waals surface area contributed by atoms with Crippen LogP contribution in [0.25, 0.3) is 0 Å². The van der Waals surface area contributed by atoms with Gasteiger partial charge in [-0.05, 0) is 71.1 Å². The Hall–Kier alpha value is -2.03. The molecule has 3 aromatic rings. The number of benzene rings is 2. The molecule has 1 N–H and O–H groups in total. The smallest absolute Gasteiger partial charge is 0.234 e. The third kappa shape index (κ3) is 6.48. The number of methoxy groups -OCH3 is 1. The summed E-state index contributed by atoms with van der Waals surface area (Å²) < 4.78 is 8.05. The maximum atomic E-state index is 12.2. The van der Waals surface area contributed by atoms with E-state index in [9.17, 15) is 4.79 Å². The number of rotatable bonds is 9. The molecule has 6 nitrogen and oxygen atoms in total. The summed E-state index contributed by atoms with van der Waals surface area (Å²) in [6.07, 6.45) is 2.74. The molecule has 9 heteroatoms. The molecule has 31 heavy (non-hydrogen) atoms. The van der Waals surface area contributed by atoms with E-state index in [0.717, 1.165) is 46.0 Å². The van der Waals surface area contributed by atoms with E-state index >= 15 is 0 Å². The molecule has 0 aliphatic carbocycles. The van der Waals surface area contributed by atoms with Gasteiger partial charge in [-0.15, -0.1) is 10.2 Å². The SMILES string of the molecule is COc1ccc(CCCc2nnc(SCC(=O)Nc3ccc(Br)c(Cl)c3)n2C)cc1C. The number of aromatic nitrogens is 3. The summed E-state index contributed by atoms with van der Waals surface area (Å²) in [7, 11) is 3.62. The van der Waals surface area contributed by atoms with Gasteiger partial charge < -0.3 is 14.6 Å². The molecule has 164 valence electrons. The minimum absolute atomic E-state index is 0.122. The van der Waals surface area contributed by atoms with Crippen molar-refractivity contribution in [2.45, 2.75) is 31.3 Å². The number of thioether (sulfide) groups is 1. The average Bonchev–Trinajstić information content (AvgIpc) is 3.09. The standard InChI is InChI=1S/C22H24BrClN4O2S/c1-14-11-15(7-10-19(14)30-3)5-4-6-20-26-27-22(28(20)2)31-13-21(29)25-16-8-9-17(23)18(24)12-16/h7-12H,4-6,13H2,1-3H3,(H,25,29). The van der Waals surface area contributed by atoms with Crippen LogP contribution >= 0.6 is 39.3 Å². The highest BCUT2D eigenvalue weighted by Crippen LogP contribution is 2.26. The van der Waals surface area contributed by atoms with Crippen molar-refractivity contribution in [3.8, 4) is 5.75 Å². The van der Waals surface area contributed by atoms with E-state index < -0.39 is 0 Å². The fraction of sp³-hybridized carbons (Fsp3) is 0.318. The molecular weight excluding hydrogens is 500 g/mol. The van der Waals surface area contributed by atoms with Gasteiger partial charge in [0, 0.05) is 23.6 Å². The van der Waals surface area contributed by atoms with Crippen LogP contribution in [0.1, 0.15) is 23.4 Å². The van der Waals surface area contributed by atoms with Gasteiger partial charge in [-0.25, -0.2) is 0 Å². The van der Waals surface area contributed by atoms with E-state index in [1.165, 1.54) is 17.3 Å². The summed E-state index contributed by atoms with van der Waals surface area (Å²) in [5.41, 5.74) is 3.08. The summed E-state index contributed by atoms with van der Waals surface area (Å²) in [6.45, 7) is 2.05. The molecular formula is C22H24BrClN4O2S. The Bertz CT molecular complexity index is 1070. The van der Waals surface area contributed by atoms with E-state index in [0.29, 0.717) is 10.7 Å². The molecule has 1 amide bonds. The molecule has 0 aliphatic heterocycles. The maximum Gasteiger partial charge on any atom is 0.234 e. The fourth-order valence-electron chi connectivity index (χ4n) is 3.14. The highest BCUT2D eigenvalue weighted by molar-refractivity contribution is 9.10. The number of anilines is 1. The maximum absolute atomic E-state index is 12.2. The Morgan fingerprint density at radius 3 is 2.74 bits per heavy atom. The Kier molecular flexibility index (Phi) is 8.40. The van der Waals surface area contributed by atoms with Crippen molar-refractivity contribution in [2.75, 3.05) is 18.2 Å². The molecule has 0 fully saturated rings. The lowest BCUT2D eigenvalue weighted by Crippen LogP contribution is -2.14. The van der Waals surface area contributed by atoms with Crippen molar-refractivity contribution in [1.82, 2.24) is 14.8 Å². The summed E-state index contributed by atoms with van der Waals surface area (Å²) in [6, 6.07) is 11.6. The van der Waals surface area contributed by atoms with Gasteiger partial charge in [0.1, 0.15) is 11.6 Å². The van der Waals surface area contributed by atoms with Gasteiger partial charge >= 0.3 is 0 Å². The van der Waals surface area contributed by atoms with Gasteiger partial charge in [-0.3, -0.25) is 4.79 Å². The quantitative estimate of drug-likeness (QED) is 0.378. The minimum atomic E-state index is -0.122. The lowest BCUT2D eigenvalue weighted by atomic mass is 10.0. The van der Waals surface area contributed by atoms with Crippen LogP contribution in [-0.2, 0) is 24.7 Å². The second-order valence-electron chi connectivity index (χ2n) is 7.08. The van der Waals surface area contributed by atoms with Crippen LogP contribution in [0.3, 0.4) is 0 Å². The van der Waals surface area contributed by atoms with Gasteiger partial charge in [0.2, 0.25) is 5.91 Å². The van der Waals surface area contributed by atoms with Crippen molar-refractivity contribution in [2.24, 2.45) is 7.05 Å². The highest BCUT2D eigenvalue weighted by atomic mass is 79.9. The predicted octanol–water partition coefficient (Wildman–Crippen LogP) is 5.45. The fourth-order valence-corrected chi connectivity index (χ4v) is 4.29. The third-order valence-electron chi connectivity index (χ3n) is 4.79. The Morgan fingerprint density at radius 2 is 2.03 bits per heavy atom. The lowest BCUT2D eigenvalue weighted by Gasteiger charge is -2.08. The van der Waals surface area contributed by atoms with Crippen LogP contribution in [-0.4, -0.2) is 33.5 Å². The number of nitrogens with one attached hydrogen (secondary N) is 1. The number of nitrogens with zero attached hydrogens (tertiary/aromatic N) is 3. The largest absolute Gasteiger partial charge is 0.496 e. The van der Waals surface area contributed by atoms with Crippen LogP contribution < -0.4 is 10.1 Å². The van der Waals surface area contributed by atoms with E-state index in [1.807, 2.05) is 17.7 Å². The number of carbonyl (C=O) groups excluding carboxylic acids is 1. The summed E-state index contributed by atoms with van der Waals surface area (Å²) in [5, 5.41) is 12.6. The van der Waals surface area contributed by atoms with Gasteiger partial charge in [0.05, 0.1) is 17.9 Å². The van der Waals surface area contributed by atoms with Crippen LogP contribution in [0.4, 0.5) is 5.69 Å². The zero-order chi connectivity index (χ0) is 22.4. The number of aryl methyl sites for hydroxylation is 3. The second-order valence-corrected chi connectivity index (χ2v) is 9.29. The third-order valence-corrected chi connectivity index (χ3v) is 7.04. The van der Waals surface area contributed by atoms with Crippen LogP contribution in [0.2, 0.25) is 5.02 Å². The topological polar surface area (TPSA) is 69.0 Å². The summed E-state index contributed by atoms with van der Waals surface area (Å²) in [4.78, 5) is 12.2. The van der Waals surface area contributed by atoms with Crippen LogP contribution in [0.5, 0.6) is 5.75 Å². The zero-order valence-electron chi connectivity index (χ0n) is 17.6. The van der Waals surface area contributed by atoms with Gasteiger partial charge in [0.25, 0.3) is 0 Å². The second kappa shape index (κ2) is 11.0. The van der Waals surface area contributed by atoms with Gasteiger partial charge in [-0.1, -0.05) is 35.5 Å². The lowest BCUT2D eigenvalue weighted by molar-refractivity contribution is -0.113.